The van der Waals surface area contributed by atoms with Crippen molar-refractivity contribution in [3.63, 3.8) is 0 Å². The molecule has 1 nitrogen and oxygen atoms in total. The minimum atomic E-state index is 0.973. The summed E-state index contributed by atoms with van der Waals surface area (Å²) in [5.41, 5.74) is 7.51. The summed E-state index contributed by atoms with van der Waals surface area (Å²) in [5, 5.41) is 0. The zero-order valence-electron chi connectivity index (χ0n) is 10.7. The van der Waals surface area contributed by atoms with Gasteiger partial charge in [0, 0.05) is 12.0 Å². The van der Waals surface area contributed by atoms with E-state index in [-0.39, 0.29) is 0 Å². The van der Waals surface area contributed by atoms with Crippen molar-refractivity contribution in [2.75, 3.05) is 0 Å². The summed E-state index contributed by atoms with van der Waals surface area (Å²) < 4.78 is 5.65. The van der Waals surface area contributed by atoms with Crippen molar-refractivity contribution in [2.45, 2.75) is 6.92 Å². The minimum absolute atomic E-state index is 0.973. The second kappa shape index (κ2) is 3.86. The molecule has 1 aliphatic carbocycles. The molecule has 0 saturated heterocycles. The average Bonchev–Trinajstić information content (AvgIpc) is 3.02. The van der Waals surface area contributed by atoms with Gasteiger partial charge in [-0.15, -0.1) is 0 Å². The van der Waals surface area contributed by atoms with Crippen LogP contribution in [0.2, 0.25) is 0 Å². The SMILES string of the molecule is Cc1ccoc1-c1cccc2c1[CH]c1ccccc1-2. The lowest BCUT2D eigenvalue weighted by Crippen LogP contribution is -1.86. The smallest absolute Gasteiger partial charge is 0.137 e. The molecule has 0 atom stereocenters. The van der Waals surface area contributed by atoms with E-state index in [1.54, 1.807) is 6.26 Å². The lowest BCUT2D eigenvalue weighted by atomic mass is 9.98. The van der Waals surface area contributed by atoms with E-state index in [0.717, 1.165) is 5.76 Å². The topological polar surface area (TPSA) is 13.1 Å². The average molecular weight is 245 g/mol. The molecule has 3 aromatic rings. The third-order valence-corrected chi connectivity index (χ3v) is 3.76. The number of aryl methyl sites for hydroxylation is 1. The quantitative estimate of drug-likeness (QED) is 0.468. The van der Waals surface area contributed by atoms with Crippen molar-refractivity contribution in [1.29, 1.82) is 0 Å². The highest BCUT2D eigenvalue weighted by Gasteiger charge is 2.22. The van der Waals surface area contributed by atoms with Crippen molar-refractivity contribution in [3.8, 4) is 22.5 Å². The Morgan fingerprint density at radius 1 is 0.789 bits per heavy atom. The van der Waals surface area contributed by atoms with Crippen LogP contribution in [-0.4, -0.2) is 0 Å². The Bertz CT molecular complexity index is 765. The summed E-state index contributed by atoms with van der Waals surface area (Å²) in [7, 11) is 0. The van der Waals surface area contributed by atoms with Crippen LogP contribution in [0.3, 0.4) is 0 Å². The first-order chi connectivity index (χ1) is 9.34. The zero-order valence-corrected chi connectivity index (χ0v) is 10.7. The largest absolute Gasteiger partial charge is 0.464 e. The molecule has 1 aliphatic rings. The van der Waals surface area contributed by atoms with Crippen LogP contribution in [0.5, 0.6) is 0 Å². The predicted molar refractivity (Wildman–Crippen MR) is 76.8 cm³/mol. The maximum atomic E-state index is 5.65. The van der Waals surface area contributed by atoms with Crippen LogP contribution in [-0.2, 0) is 0 Å². The molecule has 4 rings (SSSR count). The second-order valence-electron chi connectivity index (χ2n) is 4.93. The van der Waals surface area contributed by atoms with Crippen molar-refractivity contribution in [2.24, 2.45) is 0 Å². The third kappa shape index (κ3) is 1.48. The van der Waals surface area contributed by atoms with Gasteiger partial charge in [-0.1, -0.05) is 42.5 Å². The first-order valence-electron chi connectivity index (χ1n) is 6.46. The van der Waals surface area contributed by atoms with E-state index in [1.807, 2.05) is 6.07 Å². The van der Waals surface area contributed by atoms with Crippen LogP contribution in [0, 0.1) is 13.3 Å². The highest BCUT2D eigenvalue weighted by Crippen LogP contribution is 2.43. The normalized spacial score (nSPS) is 12.3. The molecule has 2 aromatic carbocycles. The van der Waals surface area contributed by atoms with Gasteiger partial charge in [0.05, 0.1) is 6.26 Å². The van der Waals surface area contributed by atoms with E-state index >= 15 is 0 Å². The summed E-state index contributed by atoms with van der Waals surface area (Å²) >= 11 is 0. The summed E-state index contributed by atoms with van der Waals surface area (Å²) in [6.45, 7) is 2.08. The van der Waals surface area contributed by atoms with Crippen LogP contribution in [0.25, 0.3) is 22.5 Å². The molecule has 0 fully saturated rings. The van der Waals surface area contributed by atoms with E-state index in [9.17, 15) is 0 Å². The van der Waals surface area contributed by atoms with Crippen LogP contribution in [0.15, 0.2) is 59.2 Å². The Morgan fingerprint density at radius 2 is 1.58 bits per heavy atom. The van der Waals surface area contributed by atoms with Gasteiger partial charge in [0.25, 0.3) is 0 Å². The van der Waals surface area contributed by atoms with Gasteiger partial charge in [-0.25, -0.2) is 0 Å². The molecule has 0 saturated carbocycles. The van der Waals surface area contributed by atoms with Crippen LogP contribution in [0.4, 0.5) is 0 Å². The fraction of sp³-hybridized carbons (Fsp3) is 0.0556. The van der Waals surface area contributed by atoms with Gasteiger partial charge in [-0.2, -0.15) is 0 Å². The molecule has 0 spiro atoms. The Hall–Kier alpha value is -2.28. The fourth-order valence-corrected chi connectivity index (χ4v) is 2.83. The lowest BCUT2D eigenvalue weighted by molar-refractivity contribution is 0.580. The molecule has 0 aliphatic heterocycles. The van der Waals surface area contributed by atoms with Crippen molar-refractivity contribution >= 4 is 0 Å². The molecule has 0 amide bonds. The highest BCUT2D eigenvalue weighted by molar-refractivity contribution is 5.87. The van der Waals surface area contributed by atoms with Gasteiger partial charge in [0.2, 0.25) is 0 Å². The van der Waals surface area contributed by atoms with Gasteiger partial charge in [0.1, 0.15) is 5.76 Å². The summed E-state index contributed by atoms with van der Waals surface area (Å²) in [4.78, 5) is 0. The first-order valence-corrected chi connectivity index (χ1v) is 6.46. The van der Waals surface area contributed by atoms with E-state index in [0.29, 0.717) is 0 Å². The number of furan rings is 1. The molecular formula is C18H13O. The molecule has 0 N–H and O–H groups in total. The van der Waals surface area contributed by atoms with E-state index < -0.39 is 0 Å². The minimum Gasteiger partial charge on any atom is -0.464 e. The molecule has 0 unspecified atom stereocenters. The Labute approximate surface area is 112 Å². The van der Waals surface area contributed by atoms with Gasteiger partial charge < -0.3 is 4.42 Å². The number of rotatable bonds is 1. The van der Waals surface area contributed by atoms with Gasteiger partial charge >= 0.3 is 0 Å². The monoisotopic (exact) mass is 245 g/mol. The molecule has 19 heavy (non-hydrogen) atoms. The lowest BCUT2D eigenvalue weighted by Gasteiger charge is -2.06. The van der Waals surface area contributed by atoms with E-state index in [1.165, 1.54) is 33.4 Å². The standard InChI is InChI=1S/C18H13O/c1-12-9-10-19-18(12)16-8-4-7-15-14-6-3-2-5-13(14)11-17(15)16/h2-11H,1H3. The highest BCUT2D eigenvalue weighted by atomic mass is 16.3. The van der Waals surface area contributed by atoms with Crippen LogP contribution >= 0.6 is 0 Å². The Balaban J connectivity index is 1.97. The molecule has 0 bridgehead atoms. The van der Waals surface area contributed by atoms with Gasteiger partial charge in [-0.05, 0) is 40.8 Å². The summed E-state index contributed by atoms with van der Waals surface area (Å²) in [6.07, 6.45) is 4.01. The summed E-state index contributed by atoms with van der Waals surface area (Å²) in [5.74, 6) is 0.973. The molecule has 1 radical (unpaired) electrons. The van der Waals surface area contributed by atoms with Crippen molar-refractivity contribution < 1.29 is 4.42 Å². The molecular weight excluding hydrogens is 232 g/mol. The number of benzene rings is 2. The second-order valence-corrected chi connectivity index (χ2v) is 4.93. The van der Waals surface area contributed by atoms with E-state index in [2.05, 4.69) is 55.8 Å². The number of fused-ring (bicyclic) bond motifs is 3. The van der Waals surface area contributed by atoms with Gasteiger partial charge in [0.15, 0.2) is 0 Å². The van der Waals surface area contributed by atoms with Crippen molar-refractivity contribution in [3.05, 3.63) is 77.9 Å². The predicted octanol–water partition coefficient (Wildman–Crippen LogP) is 4.84. The van der Waals surface area contributed by atoms with Crippen LogP contribution in [0.1, 0.15) is 16.7 Å². The fourth-order valence-electron chi connectivity index (χ4n) is 2.83. The number of hydrogen-bond donors (Lipinski definition) is 0. The van der Waals surface area contributed by atoms with Crippen LogP contribution < -0.4 is 0 Å². The third-order valence-electron chi connectivity index (χ3n) is 3.76. The Kier molecular flexibility index (Phi) is 2.16. The van der Waals surface area contributed by atoms with Crippen molar-refractivity contribution in [1.82, 2.24) is 0 Å². The first kappa shape index (κ1) is 10.6. The Morgan fingerprint density at radius 3 is 2.42 bits per heavy atom. The maximum Gasteiger partial charge on any atom is 0.137 e. The molecule has 91 valence electrons. The zero-order chi connectivity index (χ0) is 12.8. The summed E-state index contributed by atoms with van der Waals surface area (Å²) in [6, 6.07) is 16.9. The van der Waals surface area contributed by atoms with Gasteiger partial charge in [-0.3, -0.25) is 0 Å². The number of hydrogen-bond acceptors (Lipinski definition) is 1. The van der Waals surface area contributed by atoms with E-state index in [4.69, 9.17) is 4.42 Å². The molecule has 1 aromatic heterocycles. The molecule has 1 heterocycles. The maximum absolute atomic E-state index is 5.65. The molecule has 1 heteroatoms.